The Balaban J connectivity index is 2.37. The van der Waals surface area contributed by atoms with Gasteiger partial charge in [-0.1, -0.05) is 35.9 Å². The van der Waals surface area contributed by atoms with Gasteiger partial charge in [-0.3, -0.25) is 0 Å². The predicted octanol–water partition coefficient (Wildman–Crippen LogP) is 4.20. The lowest BCUT2D eigenvalue weighted by Gasteiger charge is -2.07. The summed E-state index contributed by atoms with van der Waals surface area (Å²) in [5, 5.41) is 12.2. The molecule has 0 amide bonds. The van der Waals surface area contributed by atoms with Crippen molar-refractivity contribution in [2.75, 3.05) is 0 Å². The van der Waals surface area contributed by atoms with Crippen LogP contribution in [0.3, 0.4) is 0 Å². The highest BCUT2D eigenvalue weighted by molar-refractivity contribution is 6.07. The van der Waals surface area contributed by atoms with Gasteiger partial charge in [0.1, 0.15) is 11.3 Å². The Morgan fingerprint density at radius 1 is 1.26 bits per heavy atom. The van der Waals surface area contributed by atoms with Crippen molar-refractivity contribution in [3.05, 3.63) is 47.9 Å². The molecule has 0 aliphatic carbocycles. The summed E-state index contributed by atoms with van der Waals surface area (Å²) in [6.45, 7) is 4.08. The number of rotatable bonds is 2. The maximum absolute atomic E-state index is 10.5. The van der Waals surface area contributed by atoms with Gasteiger partial charge in [0, 0.05) is 16.3 Å². The van der Waals surface area contributed by atoms with Crippen molar-refractivity contribution in [3.63, 3.8) is 0 Å². The number of phenolic OH excluding ortho intramolecular Hbond substituents is 1. The molecule has 2 aromatic carbocycles. The summed E-state index contributed by atoms with van der Waals surface area (Å²) in [6, 6.07) is 7.68. The smallest absolute Gasteiger partial charge is 0.182 e. The molecule has 0 bridgehead atoms. The fourth-order valence-electron chi connectivity index (χ4n) is 2.31. The Hall–Kier alpha value is -2.29. The Kier molecular flexibility index (Phi) is 2.75. The first-order chi connectivity index (χ1) is 9.18. The highest BCUT2D eigenvalue weighted by Crippen LogP contribution is 2.37. The van der Waals surface area contributed by atoms with E-state index in [1.165, 1.54) is 12.0 Å². The number of allylic oxidation sites excluding steroid dienone is 2. The maximum Gasteiger partial charge on any atom is 0.182 e. The monoisotopic (exact) mass is 253 g/mol. The number of fused-ring (bicyclic) bond motifs is 3. The first-order valence-corrected chi connectivity index (χ1v) is 6.27. The number of nitrogens with zero attached hydrogens (tertiary/aromatic N) is 1. The van der Waals surface area contributed by atoms with Crippen LogP contribution in [0.25, 0.3) is 21.9 Å². The van der Waals surface area contributed by atoms with Crippen LogP contribution in [0.4, 0.5) is 0 Å². The van der Waals surface area contributed by atoms with E-state index in [-0.39, 0.29) is 0 Å². The minimum absolute atomic E-state index is 0.300. The number of hydrogen-bond acceptors (Lipinski definition) is 3. The third-order valence-electron chi connectivity index (χ3n) is 3.28. The number of aromatic hydroxyl groups is 1. The zero-order valence-electron chi connectivity index (χ0n) is 11.0. The Bertz CT molecular complexity index is 780. The van der Waals surface area contributed by atoms with E-state index in [1.807, 2.05) is 38.1 Å². The maximum atomic E-state index is 10.5. The van der Waals surface area contributed by atoms with Crippen LogP contribution in [0, 0.1) is 0 Å². The van der Waals surface area contributed by atoms with E-state index in [0.717, 1.165) is 27.4 Å². The molecule has 0 aliphatic heterocycles. The van der Waals surface area contributed by atoms with Gasteiger partial charge in [-0.15, -0.1) is 0 Å². The fraction of sp³-hybridized carbons (Fsp3) is 0.188. The van der Waals surface area contributed by atoms with Crippen LogP contribution in [0.15, 0.2) is 46.7 Å². The summed E-state index contributed by atoms with van der Waals surface area (Å²) >= 11 is 0. The lowest BCUT2D eigenvalue weighted by atomic mass is 10.0. The summed E-state index contributed by atoms with van der Waals surface area (Å²) < 4.78 is 5.49. The third kappa shape index (κ3) is 1.87. The van der Waals surface area contributed by atoms with Gasteiger partial charge in [0.25, 0.3) is 0 Å². The summed E-state index contributed by atoms with van der Waals surface area (Å²) in [7, 11) is 0. The van der Waals surface area contributed by atoms with Gasteiger partial charge >= 0.3 is 0 Å². The zero-order valence-corrected chi connectivity index (χ0v) is 11.0. The average Bonchev–Trinajstić information content (AvgIpc) is 2.87. The second-order valence-electron chi connectivity index (χ2n) is 4.89. The van der Waals surface area contributed by atoms with Crippen LogP contribution in [0.5, 0.6) is 5.75 Å². The second-order valence-corrected chi connectivity index (χ2v) is 4.89. The van der Waals surface area contributed by atoms with E-state index in [0.29, 0.717) is 12.2 Å². The highest BCUT2D eigenvalue weighted by Gasteiger charge is 2.15. The van der Waals surface area contributed by atoms with Crippen molar-refractivity contribution in [3.8, 4) is 5.75 Å². The quantitative estimate of drug-likeness (QED) is 0.696. The van der Waals surface area contributed by atoms with Crippen molar-refractivity contribution in [2.24, 2.45) is 0 Å². The number of benzene rings is 2. The molecule has 3 rings (SSSR count). The molecule has 0 aliphatic rings. The fourth-order valence-corrected chi connectivity index (χ4v) is 2.31. The van der Waals surface area contributed by atoms with Gasteiger partial charge in [-0.05, 0) is 20.3 Å². The summed E-state index contributed by atoms with van der Waals surface area (Å²) in [5.41, 5.74) is 3.52. The number of aromatic nitrogens is 1. The minimum Gasteiger partial charge on any atom is -0.507 e. The normalized spacial score (nSPS) is 11.1. The van der Waals surface area contributed by atoms with Crippen LogP contribution in [-0.2, 0) is 6.42 Å². The molecular weight excluding hydrogens is 238 g/mol. The van der Waals surface area contributed by atoms with E-state index < -0.39 is 0 Å². The van der Waals surface area contributed by atoms with Crippen molar-refractivity contribution in [1.29, 1.82) is 0 Å². The van der Waals surface area contributed by atoms with Crippen LogP contribution in [0.2, 0.25) is 0 Å². The van der Waals surface area contributed by atoms with Gasteiger partial charge < -0.3 is 9.52 Å². The predicted molar refractivity (Wildman–Crippen MR) is 76.3 cm³/mol. The molecule has 96 valence electrons. The summed E-state index contributed by atoms with van der Waals surface area (Å²) in [6.07, 6.45) is 4.17. The van der Waals surface area contributed by atoms with Crippen molar-refractivity contribution in [2.45, 2.75) is 20.3 Å². The number of hydrogen-bond donors (Lipinski definition) is 1. The largest absolute Gasteiger partial charge is 0.507 e. The Morgan fingerprint density at radius 2 is 2.00 bits per heavy atom. The van der Waals surface area contributed by atoms with Gasteiger partial charge in [0.15, 0.2) is 12.0 Å². The first kappa shape index (κ1) is 11.8. The van der Waals surface area contributed by atoms with E-state index >= 15 is 0 Å². The third-order valence-corrected chi connectivity index (χ3v) is 3.28. The van der Waals surface area contributed by atoms with Gasteiger partial charge in [-0.2, -0.15) is 0 Å². The van der Waals surface area contributed by atoms with Crippen LogP contribution in [-0.4, -0.2) is 10.1 Å². The molecule has 1 heterocycles. The summed E-state index contributed by atoms with van der Waals surface area (Å²) in [5.74, 6) is 0.300. The van der Waals surface area contributed by atoms with E-state index in [1.54, 1.807) is 0 Å². The average molecular weight is 253 g/mol. The molecule has 0 unspecified atom stereocenters. The molecule has 0 saturated heterocycles. The Labute approximate surface area is 111 Å². The molecule has 3 heteroatoms. The number of phenols is 1. The molecule has 1 N–H and O–H groups in total. The van der Waals surface area contributed by atoms with E-state index in [4.69, 9.17) is 4.42 Å². The molecule has 0 fully saturated rings. The van der Waals surface area contributed by atoms with Gasteiger partial charge in [0.05, 0.1) is 0 Å². The molecular formula is C16H15NO2. The molecule has 3 nitrogen and oxygen atoms in total. The molecule has 3 aromatic rings. The molecule has 0 saturated carbocycles. The molecule has 0 radical (unpaired) electrons. The van der Waals surface area contributed by atoms with E-state index in [2.05, 4.69) is 11.1 Å². The van der Waals surface area contributed by atoms with Crippen LogP contribution < -0.4 is 0 Å². The minimum atomic E-state index is 0.300. The molecule has 0 spiro atoms. The van der Waals surface area contributed by atoms with Crippen molar-refractivity contribution in [1.82, 2.24) is 4.98 Å². The standard InChI is InChI=1S/C16H15NO2/c1-10(2)7-8-13-14-16(19-9-17-14)12-6-4-3-5-11(12)15(13)18/h3-7,9,18H,8H2,1-2H3. The highest BCUT2D eigenvalue weighted by atomic mass is 16.3. The molecule has 0 atom stereocenters. The zero-order chi connectivity index (χ0) is 13.4. The van der Waals surface area contributed by atoms with Crippen molar-refractivity contribution < 1.29 is 9.52 Å². The lowest BCUT2D eigenvalue weighted by Crippen LogP contribution is -1.89. The number of oxazole rings is 1. The molecule has 1 aromatic heterocycles. The summed E-state index contributed by atoms with van der Waals surface area (Å²) in [4.78, 5) is 4.25. The van der Waals surface area contributed by atoms with Crippen LogP contribution in [0.1, 0.15) is 19.4 Å². The topological polar surface area (TPSA) is 46.3 Å². The Morgan fingerprint density at radius 3 is 2.74 bits per heavy atom. The first-order valence-electron chi connectivity index (χ1n) is 6.27. The van der Waals surface area contributed by atoms with Crippen LogP contribution >= 0.6 is 0 Å². The van der Waals surface area contributed by atoms with Gasteiger partial charge in [0.2, 0.25) is 0 Å². The SMILES string of the molecule is CC(C)=CCc1c(O)c2ccccc2c2ocnc12. The lowest BCUT2D eigenvalue weighted by molar-refractivity contribution is 0.477. The van der Waals surface area contributed by atoms with E-state index in [9.17, 15) is 5.11 Å². The van der Waals surface area contributed by atoms with Crippen molar-refractivity contribution >= 4 is 21.9 Å². The molecule has 19 heavy (non-hydrogen) atoms. The van der Waals surface area contributed by atoms with Gasteiger partial charge in [-0.25, -0.2) is 4.98 Å². The second kappa shape index (κ2) is 4.43.